The van der Waals surface area contributed by atoms with Gasteiger partial charge < -0.3 is 134 Å². The number of nitrogens with one attached hydrogen (secondary N) is 13. The molecule has 42 heteroatoms. The normalized spacial score (nSPS) is 17.5. The maximum absolute atomic E-state index is 14.5. The number of H-pyrrole nitrogens is 1. The van der Waals surface area contributed by atoms with Gasteiger partial charge in [0.05, 0.1) is 38.1 Å². The molecule has 2 aliphatic rings. The average Bonchev–Trinajstić information content (AvgIpc) is 1.63. The van der Waals surface area contributed by atoms with Gasteiger partial charge in [0.2, 0.25) is 76.8 Å². The number of carbonyl (C=O) groups excluding carboxylic acids is 13. The van der Waals surface area contributed by atoms with Crippen LogP contribution in [0.2, 0.25) is 0 Å². The van der Waals surface area contributed by atoms with Crippen LogP contribution in [-0.2, 0) is 78.3 Å². The number of carbonyl (C=O) groups is 15. The second-order valence-electron chi connectivity index (χ2n) is 25.2. The number of likely N-dealkylation sites (tertiary alicyclic amines) is 1. The van der Waals surface area contributed by atoms with Crippen molar-refractivity contribution >= 4 is 94.7 Å². The highest BCUT2D eigenvalue weighted by molar-refractivity contribution is 6.00. The molecule has 584 valence electrons. The van der Waals surface area contributed by atoms with Gasteiger partial charge >= 0.3 is 11.9 Å². The summed E-state index contributed by atoms with van der Waals surface area (Å²) in [5.74, 6) is -16.6. The maximum Gasteiger partial charge on any atom is 0.328 e. The zero-order chi connectivity index (χ0) is 77.6. The lowest BCUT2D eigenvalue weighted by molar-refractivity contribution is -0.143. The smallest absolute Gasteiger partial charge is 0.328 e. The van der Waals surface area contributed by atoms with E-state index in [9.17, 15) is 97.5 Å². The fourth-order valence-corrected chi connectivity index (χ4v) is 11.1. The minimum absolute atomic E-state index is 0.000415. The van der Waals surface area contributed by atoms with Crippen molar-refractivity contribution in [3.63, 3.8) is 0 Å². The van der Waals surface area contributed by atoms with Gasteiger partial charge in [0.1, 0.15) is 72.5 Å². The molecule has 0 bridgehead atoms. The predicted molar refractivity (Wildman–Crippen MR) is 368 cm³/mol. The third-order valence-corrected chi connectivity index (χ3v) is 16.9. The Morgan fingerprint density at radius 3 is 1.47 bits per heavy atom. The molecule has 1 aromatic heterocycles. The Labute approximate surface area is 599 Å². The molecule has 30 N–H and O–H groups in total. The molecule has 42 nitrogen and oxygen atoms in total. The minimum atomic E-state index is -2.10. The summed E-state index contributed by atoms with van der Waals surface area (Å²) in [7, 11) is 0. The molecule has 104 heavy (non-hydrogen) atoms. The number of aliphatic carboxylic acids is 2. The summed E-state index contributed by atoms with van der Waals surface area (Å²) in [6.45, 7) is 1.43. The fourth-order valence-electron chi connectivity index (χ4n) is 11.1. The van der Waals surface area contributed by atoms with Gasteiger partial charge in [0, 0.05) is 37.8 Å². The van der Waals surface area contributed by atoms with E-state index in [4.69, 9.17) is 34.4 Å². The van der Waals surface area contributed by atoms with Crippen molar-refractivity contribution in [3.05, 3.63) is 18.2 Å². The first-order valence-corrected chi connectivity index (χ1v) is 34.5. The molecule has 0 unspecified atom stereocenters. The number of carboxylic acids is 2. The minimum Gasteiger partial charge on any atom is -0.481 e. The molecule has 0 spiro atoms. The number of aliphatic imine (C=N–C) groups is 1. The lowest BCUT2D eigenvalue weighted by Gasteiger charge is -2.29. The summed E-state index contributed by atoms with van der Waals surface area (Å²) in [5, 5.41) is 79.1. The second kappa shape index (κ2) is 46.8. The summed E-state index contributed by atoms with van der Waals surface area (Å²) in [4.78, 5) is 215. The Hall–Kier alpha value is -9.75. The summed E-state index contributed by atoms with van der Waals surface area (Å²) in [6, 6.07) is -19.8. The summed E-state index contributed by atoms with van der Waals surface area (Å²) in [6.07, 6.45) is 2.42. The molecule has 0 aromatic carbocycles. The van der Waals surface area contributed by atoms with Crippen LogP contribution in [0.25, 0.3) is 0 Å². The highest BCUT2D eigenvalue weighted by Crippen LogP contribution is 2.22. The molecule has 14 atom stereocenters. The summed E-state index contributed by atoms with van der Waals surface area (Å²) >= 11 is 0. The van der Waals surface area contributed by atoms with Crippen LogP contribution >= 0.6 is 0 Å². The third-order valence-electron chi connectivity index (χ3n) is 16.9. The van der Waals surface area contributed by atoms with Crippen molar-refractivity contribution in [2.45, 2.75) is 220 Å². The van der Waals surface area contributed by atoms with Gasteiger partial charge in [0.25, 0.3) is 0 Å². The Morgan fingerprint density at radius 1 is 0.548 bits per heavy atom. The van der Waals surface area contributed by atoms with Crippen molar-refractivity contribution in [1.29, 1.82) is 0 Å². The van der Waals surface area contributed by atoms with Gasteiger partial charge in [-0.1, -0.05) is 0 Å². The van der Waals surface area contributed by atoms with E-state index in [1.165, 1.54) is 17.4 Å². The van der Waals surface area contributed by atoms with Crippen LogP contribution in [0.15, 0.2) is 17.5 Å². The number of carboxylic acid groups (broad SMARTS) is 2. The number of unbranched alkanes of at least 4 members (excludes halogenated alkanes) is 3. The Morgan fingerprint density at radius 2 is 1.01 bits per heavy atom. The molecule has 3 rings (SSSR count). The molecular formula is C62H106N22O20. The number of aliphatic hydroxyl groups is 3. The lowest BCUT2D eigenvalue weighted by Crippen LogP contribution is -2.62. The molecule has 2 aliphatic heterocycles. The second-order valence-corrected chi connectivity index (χ2v) is 25.2. The summed E-state index contributed by atoms with van der Waals surface area (Å²) < 4.78 is 0. The van der Waals surface area contributed by atoms with Crippen molar-refractivity contribution in [2.75, 3.05) is 52.5 Å². The van der Waals surface area contributed by atoms with E-state index in [2.05, 4.69) is 68.1 Å². The largest absolute Gasteiger partial charge is 0.481 e. The summed E-state index contributed by atoms with van der Waals surface area (Å²) in [5.41, 5.74) is 34.0. The first kappa shape index (κ1) is 88.5. The van der Waals surface area contributed by atoms with E-state index in [1.807, 2.05) is 10.6 Å². The molecule has 2 fully saturated rings. The highest BCUT2D eigenvalue weighted by Gasteiger charge is 2.41. The van der Waals surface area contributed by atoms with E-state index >= 15 is 0 Å². The molecule has 0 radical (unpaired) electrons. The molecular weight excluding hydrogens is 1370 g/mol. The Kier molecular flexibility index (Phi) is 39.8. The maximum atomic E-state index is 14.5. The number of amides is 13. The number of imidazole rings is 1. The number of aromatic amines is 1. The Bertz CT molecular complexity index is 3060. The molecule has 13 amide bonds. The predicted octanol–water partition coefficient (Wildman–Crippen LogP) is -10.3. The number of aliphatic hydroxyl groups excluding tert-OH is 3. The highest BCUT2D eigenvalue weighted by atomic mass is 16.4. The van der Waals surface area contributed by atoms with E-state index in [-0.39, 0.29) is 88.7 Å². The monoisotopic (exact) mass is 1480 g/mol. The van der Waals surface area contributed by atoms with Crippen LogP contribution in [0.5, 0.6) is 0 Å². The molecule has 0 saturated carbocycles. The van der Waals surface area contributed by atoms with Gasteiger partial charge in [-0.15, -0.1) is 0 Å². The molecule has 1 aromatic rings. The number of nitrogens with two attached hydrogens (primary N) is 6. The number of hydrogen-bond acceptors (Lipinski definition) is 24. The van der Waals surface area contributed by atoms with Crippen LogP contribution in [0.1, 0.15) is 135 Å². The lowest BCUT2D eigenvalue weighted by atomic mass is 10.0. The van der Waals surface area contributed by atoms with Gasteiger partial charge in [0.15, 0.2) is 5.96 Å². The zero-order valence-corrected chi connectivity index (χ0v) is 58.5. The topological polar surface area (TPSA) is 702 Å². The molecule has 0 aliphatic carbocycles. The van der Waals surface area contributed by atoms with Crippen molar-refractivity contribution in [2.24, 2.45) is 39.4 Å². The van der Waals surface area contributed by atoms with Crippen LogP contribution in [-0.4, -0.2) is 272 Å². The SMILES string of the molecule is C[C@H](NC(=O)[C@@H](NC(=O)[C@H](CCCN=C(N)N)NC(=O)[C@H](CCCCN)NC(=O)[C@H](CCCCN)NC(=O)[C@H](CCCCN)NC(=O)[C@@H]1CCCN1C(=O)[C@@H]1CCCN1)[C@@H](C)O)C(=O)N[C@@H](CC(=O)O)C(=O)N[C@@H](CO)C(=O)N[C@@H](CCC(N)=O)C(=O)N[C@@H](Cc1cnc[nH]1)C(=O)N[C@@H](CO)C(=O)O. The standard InChI is InChI=1S/C62H106N22O20/c1-32(49(91)79-42(27-47(89)90)56(98)81-43(29-85)57(99)77-39(18-19-46(66)88)53(95)80-41(26-34-28-69-31-72-34)55(97)82-44(30-86)61(103)104)73-59(101)48(33(2)87)83-54(96)38(15-9-24-71-62(67)68)76-51(93)36(13-4-7-21-64)74-50(92)35(12-3-6-20-63)75-52(94)37(14-5-8-22-65)78-58(100)45-17-11-25-84(45)60(102)40-16-10-23-70-40/h28,31-33,35-45,48,70,85-87H,3-27,29-30,63-65H2,1-2H3,(H2,66,88)(H,69,72)(H,73,101)(H,74,92)(H,75,94)(H,76,93)(H,77,99)(H,78,100)(H,79,91)(H,80,95)(H,81,98)(H,82,97)(H,83,96)(H,89,90)(H,103,104)(H4,67,68,71)/t32-,33+,35-,36-,37-,38-,39-,40-,41-,42-,43-,44-,45-,48-/m0/s1. The van der Waals surface area contributed by atoms with Crippen LogP contribution in [0.4, 0.5) is 0 Å². The number of guanidine groups is 1. The molecule has 3 heterocycles. The van der Waals surface area contributed by atoms with Crippen LogP contribution in [0, 0.1) is 0 Å². The van der Waals surface area contributed by atoms with Crippen molar-refractivity contribution < 1.29 is 97.5 Å². The first-order valence-electron chi connectivity index (χ1n) is 34.5. The van der Waals surface area contributed by atoms with Gasteiger partial charge in [-0.05, 0) is 143 Å². The van der Waals surface area contributed by atoms with Crippen LogP contribution in [0.3, 0.4) is 0 Å². The van der Waals surface area contributed by atoms with Gasteiger partial charge in [-0.3, -0.25) is 72.1 Å². The quantitative estimate of drug-likeness (QED) is 0.0164. The zero-order valence-electron chi connectivity index (χ0n) is 58.5. The average molecular weight is 1480 g/mol. The number of rotatable bonds is 50. The third kappa shape index (κ3) is 31.1. The van der Waals surface area contributed by atoms with E-state index in [1.54, 1.807) is 0 Å². The van der Waals surface area contributed by atoms with E-state index in [0.29, 0.717) is 64.5 Å². The van der Waals surface area contributed by atoms with Crippen molar-refractivity contribution in [1.82, 2.24) is 78.7 Å². The van der Waals surface area contributed by atoms with Crippen LogP contribution < -0.4 is 98.2 Å². The van der Waals surface area contributed by atoms with Gasteiger partial charge in [-0.25, -0.2) is 9.78 Å². The Balaban J connectivity index is 1.84. The number of aromatic nitrogens is 2. The number of hydrogen-bond donors (Lipinski definition) is 24. The fraction of sp³-hybridized carbons (Fsp3) is 0.694. The van der Waals surface area contributed by atoms with Crippen molar-refractivity contribution in [3.8, 4) is 0 Å². The first-order chi connectivity index (χ1) is 49.4. The number of primary amides is 1. The number of nitrogens with zero attached hydrogens (tertiary/aromatic N) is 3. The van der Waals surface area contributed by atoms with Gasteiger partial charge in [-0.2, -0.15) is 0 Å². The molecule has 2 saturated heterocycles. The van der Waals surface area contributed by atoms with E-state index in [0.717, 1.165) is 20.3 Å². The van der Waals surface area contributed by atoms with E-state index < -0.39 is 200 Å².